The smallest absolute Gasteiger partial charge is 0.0231 e. The summed E-state index contributed by atoms with van der Waals surface area (Å²) >= 11 is 3.48. The highest BCUT2D eigenvalue weighted by molar-refractivity contribution is 9.10. The van der Waals surface area contributed by atoms with Crippen LogP contribution >= 0.6 is 15.9 Å². The van der Waals surface area contributed by atoms with E-state index < -0.39 is 0 Å². The number of nitrogens with zero attached hydrogens (tertiary/aromatic N) is 1. The maximum atomic E-state index is 3.63. The first-order chi connectivity index (χ1) is 9.74. The van der Waals surface area contributed by atoms with Gasteiger partial charge in [0, 0.05) is 24.1 Å². The second-order valence-electron chi connectivity index (χ2n) is 6.07. The Kier molecular flexibility index (Phi) is 7.05. The van der Waals surface area contributed by atoms with Crippen molar-refractivity contribution in [2.45, 2.75) is 38.6 Å². The van der Waals surface area contributed by atoms with Gasteiger partial charge in [0.15, 0.2) is 0 Å². The summed E-state index contributed by atoms with van der Waals surface area (Å²) in [5.41, 5.74) is 1.38. The van der Waals surface area contributed by atoms with Crippen molar-refractivity contribution < 1.29 is 0 Å². The van der Waals surface area contributed by atoms with Crippen LogP contribution < -0.4 is 5.32 Å². The largest absolute Gasteiger partial charge is 0.315 e. The molecule has 112 valence electrons. The third kappa shape index (κ3) is 5.94. The van der Waals surface area contributed by atoms with Crippen molar-refractivity contribution in [3.63, 3.8) is 0 Å². The molecular weight excluding hydrogens is 312 g/mol. The number of halogens is 1. The molecule has 0 aliphatic heterocycles. The van der Waals surface area contributed by atoms with E-state index in [1.807, 2.05) is 0 Å². The molecule has 0 unspecified atom stereocenters. The van der Waals surface area contributed by atoms with E-state index in [0.717, 1.165) is 30.0 Å². The Labute approximate surface area is 132 Å². The Morgan fingerprint density at radius 3 is 2.55 bits per heavy atom. The number of benzene rings is 1. The topological polar surface area (TPSA) is 15.3 Å². The molecular formula is C17H27BrN2. The summed E-state index contributed by atoms with van der Waals surface area (Å²) in [5, 5.41) is 3.63. The molecule has 1 saturated carbocycles. The van der Waals surface area contributed by atoms with Gasteiger partial charge in [-0.2, -0.15) is 0 Å². The van der Waals surface area contributed by atoms with Gasteiger partial charge >= 0.3 is 0 Å². The van der Waals surface area contributed by atoms with E-state index in [9.17, 15) is 0 Å². The van der Waals surface area contributed by atoms with Crippen molar-refractivity contribution in [3.05, 3.63) is 34.3 Å². The number of likely N-dealkylation sites (N-methyl/N-ethyl adjacent to an activating group) is 1. The van der Waals surface area contributed by atoms with Crippen LogP contribution in [0.2, 0.25) is 0 Å². The van der Waals surface area contributed by atoms with Crippen LogP contribution in [0.5, 0.6) is 0 Å². The van der Waals surface area contributed by atoms with Crippen LogP contribution in [-0.4, -0.2) is 31.6 Å². The maximum absolute atomic E-state index is 3.63. The van der Waals surface area contributed by atoms with Crippen molar-refractivity contribution in [1.29, 1.82) is 0 Å². The molecule has 1 aromatic rings. The van der Waals surface area contributed by atoms with E-state index >= 15 is 0 Å². The van der Waals surface area contributed by atoms with Crippen molar-refractivity contribution in [1.82, 2.24) is 10.2 Å². The molecule has 0 amide bonds. The summed E-state index contributed by atoms with van der Waals surface area (Å²) in [7, 11) is 2.20. The lowest BCUT2D eigenvalue weighted by Crippen LogP contribution is -2.32. The molecule has 3 heteroatoms. The van der Waals surface area contributed by atoms with Gasteiger partial charge in [0.1, 0.15) is 0 Å². The minimum atomic E-state index is 0.931. The molecule has 0 radical (unpaired) electrons. The third-order valence-corrected chi connectivity index (χ3v) is 4.72. The molecule has 1 aromatic carbocycles. The fourth-order valence-electron chi connectivity index (χ4n) is 2.95. The number of nitrogens with one attached hydrogen (secondary N) is 1. The Bertz CT molecular complexity index is 371. The zero-order chi connectivity index (χ0) is 14.2. The summed E-state index contributed by atoms with van der Waals surface area (Å²) in [5.74, 6) is 0.931. The van der Waals surface area contributed by atoms with Crippen LogP contribution in [0.4, 0.5) is 0 Å². The summed E-state index contributed by atoms with van der Waals surface area (Å²) < 4.78 is 1.15. The van der Waals surface area contributed by atoms with Crippen molar-refractivity contribution in [2.24, 2.45) is 5.92 Å². The number of hydrogen-bond donors (Lipinski definition) is 1. The number of hydrogen-bond acceptors (Lipinski definition) is 2. The van der Waals surface area contributed by atoms with Gasteiger partial charge in [-0.3, -0.25) is 0 Å². The SMILES string of the molecule is CN(CCNCC1CCCCC1)Cc1ccc(Br)cc1. The Hall–Kier alpha value is -0.380. The lowest BCUT2D eigenvalue weighted by atomic mass is 9.89. The molecule has 2 rings (SSSR count). The molecule has 2 nitrogen and oxygen atoms in total. The van der Waals surface area contributed by atoms with E-state index in [1.165, 1.54) is 44.2 Å². The van der Waals surface area contributed by atoms with Gasteiger partial charge in [0.25, 0.3) is 0 Å². The minimum absolute atomic E-state index is 0.931. The fraction of sp³-hybridized carbons (Fsp3) is 0.647. The molecule has 0 aromatic heterocycles. The first-order valence-electron chi connectivity index (χ1n) is 7.88. The van der Waals surface area contributed by atoms with E-state index in [4.69, 9.17) is 0 Å². The van der Waals surface area contributed by atoms with Crippen LogP contribution in [0.15, 0.2) is 28.7 Å². The standard InChI is InChI=1S/C17H27BrN2/c1-20(14-16-7-9-17(18)10-8-16)12-11-19-13-15-5-3-2-4-6-15/h7-10,15,19H,2-6,11-14H2,1H3. The molecule has 20 heavy (non-hydrogen) atoms. The normalized spacial score (nSPS) is 16.8. The van der Waals surface area contributed by atoms with Gasteiger partial charge in [-0.1, -0.05) is 47.3 Å². The van der Waals surface area contributed by atoms with Gasteiger partial charge in [-0.25, -0.2) is 0 Å². The highest BCUT2D eigenvalue weighted by Crippen LogP contribution is 2.22. The second kappa shape index (κ2) is 8.81. The van der Waals surface area contributed by atoms with E-state index in [1.54, 1.807) is 0 Å². The van der Waals surface area contributed by atoms with E-state index in [-0.39, 0.29) is 0 Å². The Morgan fingerprint density at radius 2 is 1.85 bits per heavy atom. The summed E-state index contributed by atoms with van der Waals surface area (Å²) in [6.07, 6.45) is 7.20. The quantitative estimate of drug-likeness (QED) is 0.754. The van der Waals surface area contributed by atoms with Crippen LogP contribution in [-0.2, 0) is 6.54 Å². The highest BCUT2D eigenvalue weighted by atomic mass is 79.9. The van der Waals surface area contributed by atoms with Gasteiger partial charge in [-0.15, -0.1) is 0 Å². The lowest BCUT2D eigenvalue weighted by molar-refractivity contribution is 0.304. The minimum Gasteiger partial charge on any atom is -0.315 e. The number of rotatable bonds is 7. The van der Waals surface area contributed by atoms with Crippen LogP contribution in [0, 0.1) is 5.92 Å². The lowest BCUT2D eigenvalue weighted by Gasteiger charge is -2.23. The molecule has 0 saturated heterocycles. The molecule has 1 fully saturated rings. The Balaban J connectivity index is 1.57. The molecule has 1 N–H and O–H groups in total. The molecule has 1 aliphatic rings. The van der Waals surface area contributed by atoms with Gasteiger partial charge in [0.2, 0.25) is 0 Å². The summed E-state index contributed by atoms with van der Waals surface area (Å²) in [6, 6.07) is 8.61. The van der Waals surface area contributed by atoms with Crippen LogP contribution in [0.25, 0.3) is 0 Å². The van der Waals surface area contributed by atoms with Crippen molar-refractivity contribution in [2.75, 3.05) is 26.7 Å². The first-order valence-corrected chi connectivity index (χ1v) is 8.67. The molecule has 0 bridgehead atoms. The van der Waals surface area contributed by atoms with E-state index in [0.29, 0.717) is 0 Å². The Morgan fingerprint density at radius 1 is 1.15 bits per heavy atom. The summed E-state index contributed by atoms with van der Waals surface area (Å²) in [6.45, 7) is 4.46. The monoisotopic (exact) mass is 338 g/mol. The first kappa shape index (κ1) is 16.0. The fourth-order valence-corrected chi connectivity index (χ4v) is 3.21. The van der Waals surface area contributed by atoms with Crippen LogP contribution in [0.1, 0.15) is 37.7 Å². The zero-order valence-electron chi connectivity index (χ0n) is 12.6. The highest BCUT2D eigenvalue weighted by Gasteiger charge is 2.12. The van der Waals surface area contributed by atoms with Gasteiger partial charge < -0.3 is 10.2 Å². The molecule has 1 aliphatic carbocycles. The predicted octanol–water partition coefficient (Wildman–Crippen LogP) is 4.05. The zero-order valence-corrected chi connectivity index (χ0v) is 14.2. The maximum Gasteiger partial charge on any atom is 0.0231 e. The molecule has 0 spiro atoms. The van der Waals surface area contributed by atoms with Crippen molar-refractivity contribution >= 4 is 15.9 Å². The predicted molar refractivity (Wildman–Crippen MR) is 89.9 cm³/mol. The third-order valence-electron chi connectivity index (χ3n) is 4.19. The van der Waals surface area contributed by atoms with Gasteiger partial charge in [0.05, 0.1) is 0 Å². The van der Waals surface area contributed by atoms with Crippen LogP contribution in [0.3, 0.4) is 0 Å². The average molecular weight is 339 g/mol. The summed E-state index contributed by atoms with van der Waals surface area (Å²) in [4.78, 5) is 2.39. The average Bonchev–Trinajstić information content (AvgIpc) is 2.47. The second-order valence-corrected chi connectivity index (χ2v) is 6.99. The van der Waals surface area contributed by atoms with Crippen molar-refractivity contribution in [3.8, 4) is 0 Å². The molecule has 0 heterocycles. The van der Waals surface area contributed by atoms with E-state index in [2.05, 4.69) is 57.5 Å². The van der Waals surface area contributed by atoms with Gasteiger partial charge in [-0.05, 0) is 50.0 Å². The molecule has 0 atom stereocenters.